The van der Waals surface area contributed by atoms with E-state index >= 15 is 0 Å². The van der Waals surface area contributed by atoms with Gasteiger partial charge in [-0.05, 0) is 43.5 Å². The van der Waals surface area contributed by atoms with Crippen molar-refractivity contribution in [3.05, 3.63) is 42.0 Å². The number of carbonyl (C=O) groups is 1. The lowest BCUT2D eigenvalue weighted by atomic mass is 10.1. The number of halogens is 3. The number of nitrogens with one attached hydrogen (secondary N) is 1. The molecule has 0 atom stereocenters. The number of anilines is 1. The molecule has 3 nitrogen and oxygen atoms in total. The predicted octanol–water partition coefficient (Wildman–Crippen LogP) is 6.04. The van der Waals surface area contributed by atoms with Gasteiger partial charge in [-0.1, -0.05) is 37.8 Å². The highest BCUT2D eigenvalue weighted by Crippen LogP contribution is 2.20. The first kappa shape index (κ1) is 21.1. The molecule has 1 aromatic carbocycles. The van der Waals surface area contributed by atoms with Crippen LogP contribution in [0.2, 0.25) is 0 Å². The first-order valence-electron chi connectivity index (χ1n) is 8.67. The molecular formula is C19H26F3NO2. The Kier molecular flexibility index (Phi) is 9.73. The second-order valence-corrected chi connectivity index (χ2v) is 6.01. The third-order valence-electron chi connectivity index (χ3n) is 3.77. The third-order valence-corrected chi connectivity index (χ3v) is 3.77. The number of allylic oxidation sites excluding steroid dienone is 2. The summed E-state index contributed by atoms with van der Waals surface area (Å²) in [5.41, 5.74) is 1.19. The fraction of sp³-hybridized carbons (Fsp3) is 0.526. The maximum Gasteiger partial charge on any atom is 0.392 e. The van der Waals surface area contributed by atoms with Crippen LogP contribution >= 0.6 is 0 Å². The van der Waals surface area contributed by atoms with E-state index in [-0.39, 0.29) is 5.56 Å². The van der Waals surface area contributed by atoms with Crippen LogP contribution in [-0.2, 0) is 0 Å². The van der Waals surface area contributed by atoms with Crippen molar-refractivity contribution in [1.29, 1.82) is 0 Å². The Labute approximate surface area is 146 Å². The Morgan fingerprint density at radius 2 is 1.56 bits per heavy atom. The van der Waals surface area contributed by atoms with Gasteiger partial charge in [0.05, 0.1) is 12.0 Å². The minimum atomic E-state index is -4.09. The van der Waals surface area contributed by atoms with E-state index in [0.717, 1.165) is 50.8 Å². The minimum Gasteiger partial charge on any atom is -0.478 e. The average Bonchev–Trinajstić information content (AvgIpc) is 2.55. The van der Waals surface area contributed by atoms with Crippen molar-refractivity contribution < 1.29 is 23.1 Å². The molecule has 0 amide bonds. The Morgan fingerprint density at radius 3 is 2.16 bits per heavy atom. The van der Waals surface area contributed by atoms with E-state index in [1.54, 1.807) is 30.3 Å². The molecule has 0 unspecified atom stereocenters. The van der Waals surface area contributed by atoms with Gasteiger partial charge in [-0.25, -0.2) is 4.79 Å². The van der Waals surface area contributed by atoms with Crippen molar-refractivity contribution in [2.24, 2.45) is 0 Å². The van der Waals surface area contributed by atoms with E-state index in [0.29, 0.717) is 6.42 Å². The quantitative estimate of drug-likeness (QED) is 0.354. The number of hydrogen-bond donors (Lipinski definition) is 2. The van der Waals surface area contributed by atoms with Crippen LogP contribution in [0.1, 0.15) is 61.7 Å². The van der Waals surface area contributed by atoms with Gasteiger partial charge in [0.15, 0.2) is 0 Å². The number of rotatable bonds is 12. The summed E-state index contributed by atoms with van der Waals surface area (Å²) in [7, 11) is 0. The zero-order chi connectivity index (χ0) is 18.5. The Hall–Kier alpha value is -1.98. The molecule has 0 fully saturated rings. The van der Waals surface area contributed by atoms with E-state index in [4.69, 9.17) is 5.11 Å². The molecule has 0 aliphatic heterocycles. The fourth-order valence-corrected chi connectivity index (χ4v) is 2.39. The second-order valence-electron chi connectivity index (χ2n) is 6.01. The summed E-state index contributed by atoms with van der Waals surface area (Å²) in [6.45, 7) is 0.840. The van der Waals surface area contributed by atoms with Crippen LogP contribution < -0.4 is 5.32 Å². The molecule has 140 valence electrons. The van der Waals surface area contributed by atoms with Gasteiger partial charge in [0, 0.05) is 12.2 Å². The van der Waals surface area contributed by atoms with Gasteiger partial charge < -0.3 is 10.4 Å². The molecule has 0 spiro atoms. The molecule has 0 aliphatic rings. The van der Waals surface area contributed by atoms with E-state index in [1.165, 1.54) is 6.08 Å². The zero-order valence-electron chi connectivity index (χ0n) is 14.3. The lowest BCUT2D eigenvalue weighted by Gasteiger charge is -2.06. The first-order valence-corrected chi connectivity index (χ1v) is 8.67. The van der Waals surface area contributed by atoms with Crippen LogP contribution in [-0.4, -0.2) is 23.8 Å². The number of hydrogen-bond acceptors (Lipinski definition) is 2. The van der Waals surface area contributed by atoms with E-state index in [2.05, 4.69) is 5.32 Å². The molecule has 6 heteroatoms. The Balaban J connectivity index is 1.94. The van der Waals surface area contributed by atoms with Gasteiger partial charge in [0.2, 0.25) is 0 Å². The highest BCUT2D eigenvalue weighted by atomic mass is 19.4. The number of carboxylic acid groups (broad SMARTS) is 1. The zero-order valence-corrected chi connectivity index (χ0v) is 14.3. The molecule has 2 N–H and O–H groups in total. The lowest BCUT2D eigenvalue weighted by molar-refractivity contribution is -0.125. The molecule has 0 bridgehead atoms. The molecular weight excluding hydrogens is 331 g/mol. The van der Waals surface area contributed by atoms with Crippen molar-refractivity contribution >= 4 is 11.7 Å². The standard InChI is InChI=1S/C19H26F3NO2/c20-19(21,22)14-8-6-4-2-1-3-5-7-9-15-23-17-12-10-16(11-13-17)18(24)25/h6,8,10-13,23H,1-5,7,9,14-15H2,(H,24,25). The largest absolute Gasteiger partial charge is 0.478 e. The molecule has 0 aromatic heterocycles. The fourth-order valence-electron chi connectivity index (χ4n) is 2.39. The molecule has 1 rings (SSSR count). The number of benzene rings is 1. The molecule has 1 aromatic rings. The number of carboxylic acids is 1. The van der Waals surface area contributed by atoms with E-state index in [1.807, 2.05) is 0 Å². The minimum absolute atomic E-state index is 0.277. The summed E-state index contributed by atoms with van der Waals surface area (Å²) in [4.78, 5) is 10.7. The van der Waals surface area contributed by atoms with Crippen molar-refractivity contribution in [2.75, 3.05) is 11.9 Å². The molecule has 25 heavy (non-hydrogen) atoms. The van der Waals surface area contributed by atoms with Crippen molar-refractivity contribution in [1.82, 2.24) is 0 Å². The van der Waals surface area contributed by atoms with Gasteiger partial charge in [0.25, 0.3) is 0 Å². The number of aromatic carboxylic acids is 1. The van der Waals surface area contributed by atoms with Crippen molar-refractivity contribution in [2.45, 2.75) is 57.5 Å². The number of unbranched alkanes of at least 4 members (excludes halogenated alkanes) is 6. The maximum atomic E-state index is 11.9. The van der Waals surface area contributed by atoms with Crippen LogP contribution in [0.4, 0.5) is 18.9 Å². The van der Waals surface area contributed by atoms with Crippen LogP contribution in [0, 0.1) is 0 Å². The summed E-state index contributed by atoms with van der Waals surface area (Å²) < 4.78 is 35.7. The summed E-state index contributed by atoms with van der Waals surface area (Å²) in [5.74, 6) is -0.928. The average molecular weight is 357 g/mol. The van der Waals surface area contributed by atoms with E-state index in [9.17, 15) is 18.0 Å². The normalized spacial score (nSPS) is 11.8. The third kappa shape index (κ3) is 11.2. The maximum absolute atomic E-state index is 11.9. The summed E-state index contributed by atoms with van der Waals surface area (Å²) in [6.07, 6.45) is 4.93. The Morgan fingerprint density at radius 1 is 0.960 bits per heavy atom. The molecule has 0 saturated carbocycles. The van der Waals surface area contributed by atoms with Crippen molar-refractivity contribution in [3.8, 4) is 0 Å². The molecule has 0 heterocycles. The smallest absolute Gasteiger partial charge is 0.392 e. The lowest BCUT2D eigenvalue weighted by Crippen LogP contribution is -2.03. The highest BCUT2D eigenvalue weighted by molar-refractivity contribution is 5.87. The summed E-state index contributed by atoms with van der Waals surface area (Å²) in [5, 5.41) is 12.1. The van der Waals surface area contributed by atoms with Gasteiger partial charge in [-0.15, -0.1) is 0 Å². The second kappa shape index (κ2) is 11.6. The number of alkyl halides is 3. The monoisotopic (exact) mass is 357 g/mol. The molecule has 0 saturated heterocycles. The van der Waals surface area contributed by atoms with Crippen LogP contribution in [0.15, 0.2) is 36.4 Å². The summed E-state index contributed by atoms with van der Waals surface area (Å²) >= 11 is 0. The highest BCUT2D eigenvalue weighted by Gasteiger charge is 2.24. The van der Waals surface area contributed by atoms with Crippen LogP contribution in [0.3, 0.4) is 0 Å². The molecule has 0 radical (unpaired) electrons. The van der Waals surface area contributed by atoms with Gasteiger partial charge in [0.1, 0.15) is 0 Å². The van der Waals surface area contributed by atoms with Gasteiger partial charge >= 0.3 is 12.1 Å². The Bertz CT molecular complexity index is 524. The topological polar surface area (TPSA) is 49.3 Å². The van der Waals surface area contributed by atoms with Gasteiger partial charge in [-0.3, -0.25) is 0 Å². The predicted molar refractivity (Wildman–Crippen MR) is 94.0 cm³/mol. The SMILES string of the molecule is O=C(O)c1ccc(NCCCCCCCCC=CCC(F)(F)F)cc1. The first-order chi connectivity index (χ1) is 11.9. The van der Waals surface area contributed by atoms with Crippen LogP contribution in [0.25, 0.3) is 0 Å². The van der Waals surface area contributed by atoms with Crippen LogP contribution in [0.5, 0.6) is 0 Å². The summed E-state index contributed by atoms with van der Waals surface area (Å²) in [6, 6.07) is 6.67. The van der Waals surface area contributed by atoms with E-state index < -0.39 is 18.6 Å². The van der Waals surface area contributed by atoms with Crippen molar-refractivity contribution in [3.63, 3.8) is 0 Å². The molecule has 0 aliphatic carbocycles. The van der Waals surface area contributed by atoms with Gasteiger partial charge in [-0.2, -0.15) is 13.2 Å².